The number of ether oxygens (including phenoxy) is 2. The fourth-order valence-corrected chi connectivity index (χ4v) is 2.97. The van der Waals surface area contributed by atoms with Crippen molar-refractivity contribution in [1.29, 1.82) is 0 Å². The molecule has 1 aromatic rings. The van der Waals surface area contributed by atoms with Crippen LogP contribution in [0.4, 0.5) is 5.69 Å². The monoisotopic (exact) mass is 392 g/mol. The number of carbonyl (C=O) groups is 1. The summed E-state index contributed by atoms with van der Waals surface area (Å²) in [6.45, 7) is 6.38. The SMILES string of the molecule is CCCCCCCCCCC(OC)C(=O)NNc1ccc(OC(C)CC)cc1. The lowest BCUT2D eigenvalue weighted by Gasteiger charge is -2.17. The van der Waals surface area contributed by atoms with Gasteiger partial charge in [-0.05, 0) is 44.0 Å². The molecule has 0 fully saturated rings. The van der Waals surface area contributed by atoms with Crippen LogP contribution in [0.2, 0.25) is 0 Å². The topological polar surface area (TPSA) is 59.6 Å². The summed E-state index contributed by atoms with van der Waals surface area (Å²) in [6.07, 6.45) is 11.5. The normalized spacial score (nSPS) is 13.0. The summed E-state index contributed by atoms with van der Waals surface area (Å²) < 4.78 is 11.1. The lowest BCUT2D eigenvalue weighted by molar-refractivity contribution is -0.130. The lowest BCUT2D eigenvalue weighted by atomic mass is 10.1. The number of amides is 1. The minimum absolute atomic E-state index is 0.134. The molecule has 1 aromatic carbocycles. The minimum atomic E-state index is -0.416. The van der Waals surface area contributed by atoms with Crippen LogP contribution in [0.1, 0.15) is 85.0 Å². The van der Waals surface area contributed by atoms with Gasteiger partial charge in [-0.2, -0.15) is 0 Å². The van der Waals surface area contributed by atoms with E-state index in [1.807, 2.05) is 31.2 Å². The maximum atomic E-state index is 12.3. The fraction of sp³-hybridized carbons (Fsp3) is 0.696. The van der Waals surface area contributed by atoms with Crippen LogP contribution >= 0.6 is 0 Å². The van der Waals surface area contributed by atoms with Gasteiger partial charge >= 0.3 is 0 Å². The number of rotatable bonds is 16. The summed E-state index contributed by atoms with van der Waals surface area (Å²) >= 11 is 0. The Labute approximate surface area is 171 Å². The van der Waals surface area contributed by atoms with Gasteiger partial charge in [0.25, 0.3) is 5.91 Å². The summed E-state index contributed by atoms with van der Waals surface area (Å²) in [6, 6.07) is 7.57. The number of carbonyl (C=O) groups excluding carboxylic acids is 1. The molecular formula is C23H40N2O3. The largest absolute Gasteiger partial charge is 0.491 e. The Hall–Kier alpha value is -1.75. The van der Waals surface area contributed by atoms with Gasteiger partial charge < -0.3 is 9.47 Å². The van der Waals surface area contributed by atoms with Crippen LogP contribution in [0, 0.1) is 0 Å². The lowest BCUT2D eigenvalue weighted by Crippen LogP contribution is -2.39. The average molecular weight is 393 g/mol. The van der Waals surface area contributed by atoms with E-state index in [1.165, 1.54) is 38.5 Å². The standard InChI is InChI=1S/C23H40N2O3/c1-5-7-8-9-10-11-12-13-14-22(27-4)23(26)25-24-20-15-17-21(18-16-20)28-19(3)6-2/h15-19,22,24H,5-14H2,1-4H3,(H,25,26). The van der Waals surface area contributed by atoms with Crippen molar-refractivity contribution in [2.24, 2.45) is 0 Å². The molecule has 0 aliphatic rings. The predicted molar refractivity (Wildman–Crippen MR) is 117 cm³/mol. The van der Waals surface area contributed by atoms with Crippen molar-refractivity contribution < 1.29 is 14.3 Å². The second kappa shape index (κ2) is 15.2. The quantitative estimate of drug-likeness (QED) is 0.273. The molecule has 0 saturated heterocycles. The first-order valence-electron chi connectivity index (χ1n) is 11.0. The highest BCUT2D eigenvalue weighted by Gasteiger charge is 2.16. The molecule has 1 amide bonds. The number of hydrogen-bond donors (Lipinski definition) is 2. The summed E-state index contributed by atoms with van der Waals surface area (Å²) in [5.41, 5.74) is 6.50. The van der Waals surface area contributed by atoms with Gasteiger partial charge in [-0.25, -0.2) is 0 Å². The zero-order valence-electron chi connectivity index (χ0n) is 18.3. The molecule has 2 unspecified atom stereocenters. The highest BCUT2D eigenvalue weighted by atomic mass is 16.5. The van der Waals surface area contributed by atoms with Crippen molar-refractivity contribution in [3.8, 4) is 5.75 Å². The van der Waals surface area contributed by atoms with Gasteiger partial charge in [-0.1, -0.05) is 65.2 Å². The first-order valence-corrected chi connectivity index (χ1v) is 11.0. The molecule has 0 radical (unpaired) electrons. The van der Waals surface area contributed by atoms with E-state index in [4.69, 9.17) is 9.47 Å². The van der Waals surface area contributed by atoms with E-state index in [9.17, 15) is 4.79 Å². The summed E-state index contributed by atoms with van der Waals surface area (Å²) in [5.74, 6) is 0.695. The van der Waals surface area contributed by atoms with Crippen LogP contribution < -0.4 is 15.6 Å². The number of benzene rings is 1. The molecule has 0 spiro atoms. The molecule has 160 valence electrons. The number of anilines is 1. The zero-order chi connectivity index (χ0) is 20.6. The van der Waals surface area contributed by atoms with E-state index in [2.05, 4.69) is 24.7 Å². The molecule has 0 saturated carbocycles. The van der Waals surface area contributed by atoms with Gasteiger partial charge in [0.05, 0.1) is 11.8 Å². The molecule has 0 aliphatic heterocycles. The minimum Gasteiger partial charge on any atom is -0.491 e. The summed E-state index contributed by atoms with van der Waals surface area (Å²) in [4.78, 5) is 12.3. The van der Waals surface area contributed by atoms with Gasteiger partial charge in [-0.15, -0.1) is 0 Å². The van der Waals surface area contributed by atoms with Crippen molar-refractivity contribution in [1.82, 2.24) is 5.43 Å². The van der Waals surface area contributed by atoms with Crippen LogP contribution in [0.5, 0.6) is 5.75 Å². The molecule has 0 bridgehead atoms. The van der Waals surface area contributed by atoms with E-state index in [-0.39, 0.29) is 12.0 Å². The zero-order valence-corrected chi connectivity index (χ0v) is 18.3. The van der Waals surface area contributed by atoms with Crippen LogP contribution in [0.15, 0.2) is 24.3 Å². The first-order chi connectivity index (χ1) is 13.6. The Morgan fingerprint density at radius 3 is 2.14 bits per heavy atom. The second-order valence-corrected chi connectivity index (χ2v) is 7.46. The smallest absolute Gasteiger partial charge is 0.267 e. The maximum absolute atomic E-state index is 12.3. The van der Waals surface area contributed by atoms with E-state index >= 15 is 0 Å². The second-order valence-electron chi connectivity index (χ2n) is 7.46. The predicted octanol–water partition coefficient (Wildman–Crippen LogP) is 5.85. The molecule has 28 heavy (non-hydrogen) atoms. The van der Waals surface area contributed by atoms with Crippen LogP contribution in [-0.4, -0.2) is 25.2 Å². The number of hydrazine groups is 1. The molecule has 0 aromatic heterocycles. The summed E-state index contributed by atoms with van der Waals surface area (Å²) in [5, 5.41) is 0. The Bertz CT molecular complexity index is 519. The van der Waals surface area contributed by atoms with E-state index in [1.54, 1.807) is 7.11 Å². The molecule has 2 N–H and O–H groups in total. The van der Waals surface area contributed by atoms with E-state index in [0.29, 0.717) is 0 Å². The van der Waals surface area contributed by atoms with E-state index < -0.39 is 6.10 Å². The Balaban J connectivity index is 2.24. The highest BCUT2D eigenvalue weighted by molar-refractivity contribution is 5.81. The van der Waals surface area contributed by atoms with Gasteiger partial charge in [0.2, 0.25) is 0 Å². The third kappa shape index (κ3) is 10.5. The molecule has 0 heterocycles. The molecule has 5 heteroatoms. The molecule has 1 rings (SSSR count). The number of methoxy groups -OCH3 is 1. The van der Waals surface area contributed by atoms with Crippen LogP contribution in [-0.2, 0) is 9.53 Å². The number of hydrogen-bond acceptors (Lipinski definition) is 4. The van der Waals surface area contributed by atoms with Crippen LogP contribution in [0.3, 0.4) is 0 Å². The Morgan fingerprint density at radius 1 is 0.964 bits per heavy atom. The molecule has 0 aliphatic carbocycles. The van der Waals surface area contributed by atoms with Crippen molar-refractivity contribution in [2.75, 3.05) is 12.5 Å². The van der Waals surface area contributed by atoms with Crippen molar-refractivity contribution in [2.45, 2.75) is 97.2 Å². The number of unbranched alkanes of at least 4 members (excludes halogenated alkanes) is 7. The molecular weight excluding hydrogens is 352 g/mol. The average Bonchev–Trinajstić information content (AvgIpc) is 2.72. The van der Waals surface area contributed by atoms with Gasteiger partial charge in [0.15, 0.2) is 0 Å². The summed E-state index contributed by atoms with van der Waals surface area (Å²) in [7, 11) is 1.59. The van der Waals surface area contributed by atoms with Crippen molar-refractivity contribution >= 4 is 11.6 Å². The fourth-order valence-electron chi connectivity index (χ4n) is 2.97. The first kappa shape index (κ1) is 24.3. The van der Waals surface area contributed by atoms with Gasteiger partial charge in [0.1, 0.15) is 11.9 Å². The maximum Gasteiger partial charge on any atom is 0.267 e. The third-order valence-electron chi connectivity index (χ3n) is 4.99. The number of nitrogens with one attached hydrogen (secondary N) is 2. The van der Waals surface area contributed by atoms with Gasteiger partial charge in [-0.3, -0.25) is 15.6 Å². The highest BCUT2D eigenvalue weighted by Crippen LogP contribution is 2.17. The van der Waals surface area contributed by atoms with Crippen LogP contribution in [0.25, 0.3) is 0 Å². The molecule has 2 atom stereocenters. The van der Waals surface area contributed by atoms with Gasteiger partial charge in [0, 0.05) is 7.11 Å². The Kier molecular flexibility index (Phi) is 13.2. The third-order valence-corrected chi connectivity index (χ3v) is 4.99. The van der Waals surface area contributed by atoms with Crippen molar-refractivity contribution in [3.05, 3.63) is 24.3 Å². The van der Waals surface area contributed by atoms with E-state index in [0.717, 1.165) is 37.1 Å². The Morgan fingerprint density at radius 2 is 1.57 bits per heavy atom. The molecule has 5 nitrogen and oxygen atoms in total. The van der Waals surface area contributed by atoms with Crippen molar-refractivity contribution in [3.63, 3.8) is 0 Å².